The highest BCUT2D eigenvalue weighted by Gasteiger charge is 2.34. The maximum absolute atomic E-state index is 13.1. The second-order valence-corrected chi connectivity index (χ2v) is 7.58. The number of nitrogens with one attached hydrogen (secondary N) is 2. The zero-order valence-electron chi connectivity index (χ0n) is 15.7. The monoisotopic (exact) mass is 394 g/mol. The molecule has 0 aromatic heterocycles. The molecule has 1 saturated heterocycles. The Morgan fingerprint density at radius 2 is 1.82 bits per heavy atom. The third-order valence-electron chi connectivity index (χ3n) is 5.51. The molecule has 0 atom stereocenters. The Kier molecular flexibility index (Phi) is 6.01. The standard InChI is InChI=1S/C20H25F3N4O/c21-20(22,23)15-6-7-17(27-10-4-5-11-27)16(12-15)25-13-18(28)26-19(14-24)8-2-1-3-9-19/h6-7,12,25H,1-5,8-11,13H2,(H,26,28). The van der Waals surface area contributed by atoms with Gasteiger partial charge in [0.1, 0.15) is 5.54 Å². The summed E-state index contributed by atoms with van der Waals surface area (Å²) in [5, 5.41) is 15.1. The van der Waals surface area contributed by atoms with E-state index in [0.717, 1.165) is 57.3 Å². The van der Waals surface area contributed by atoms with Gasteiger partial charge in [-0.25, -0.2) is 0 Å². The van der Waals surface area contributed by atoms with Gasteiger partial charge in [0, 0.05) is 13.1 Å². The summed E-state index contributed by atoms with van der Waals surface area (Å²) >= 11 is 0. The predicted octanol–water partition coefficient (Wildman–Crippen LogP) is 4.06. The van der Waals surface area contributed by atoms with Crippen LogP contribution in [-0.4, -0.2) is 31.1 Å². The van der Waals surface area contributed by atoms with Gasteiger partial charge < -0.3 is 15.5 Å². The van der Waals surface area contributed by atoms with Crippen LogP contribution in [0.15, 0.2) is 18.2 Å². The summed E-state index contributed by atoms with van der Waals surface area (Å²) in [4.78, 5) is 14.4. The number of alkyl halides is 3. The number of carbonyl (C=O) groups excluding carboxylic acids is 1. The number of nitrogens with zero attached hydrogens (tertiary/aromatic N) is 2. The van der Waals surface area contributed by atoms with Crippen molar-refractivity contribution in [2.24, 2.45) is 0 Å². The van der Waals surface area contributed by atoms with Crippen molar-refractivity contribution in [3.8, 4) is 6.07 Å². The summed E-state index contributed by atoms with van der Waals surface area (Å²) in [6, 6.07) is 5.81. The van der Waals surface area contributed by atoms with Crippen LogP contribution in [0.4, 0.5) is 24.5 Å². The van der Waals surface area contributed by atoms with Crippen LogP contribution in [0, 0.1) is 11.3 Å². The highest BCUT2D eigenvalue weighted by Crippen LogP contribution is 2.36. The second kappa shape index (κ2) is 8.29. The molecule has 8 heteroatoms. The van der Waals surface area contributed by atoms with Crippen molar-refractivity contribution in [2.45, 2.75) is 56.7 Å². The number of nitriles is 1. The Hall–Kier alpha value is -2.43. The Labute approximate surface area is 162 Å². The normalized spacial score (nSPS) is 19.1. The fourth-order valence-corrected chi connectivity index (χ4v) is 3.99. The summed E-state index contributed by atoms with van der Waals surface area (Å²) in [6.07, 6.45) is 1.56. The molecule has 28 heavy (non-hydrogen) atoms. The molecule has 1 aromatic carbocycles. The van der Waals surface area contributed by atoms with Crippen LogP contribution >= 0.6 is 0 Å². The highest BCUT2D eigenvalue weighted by atomic mass is 19.4. The molecule has 1 aromatic rings. The summed E-state index contributed by atoms with van der Waals surface area (Å²) in [7, 11) is 0. The molecule has 2 N–H and O–H groups in total. The second-order valence-electron chi connectivity index (χ2n) is 7.58. The van der Waals surface area contributed by atoms with E-state index in [1.165, 1.54) is 6.07 Å². The third kappa shape index (κ3) is 4.70. The van der Waals surface area contributed by atoms with Crippen LogP contribution in [0.5, 0.6) is 0 Å². The molecule has 0 unspecified atom stereocenters. The quantitative estimate of drug-likeness (QED) is 0.790. The van der Waals surface area contributed by atoms with E-state index in [1.54, 1.807) is 0 Å². The zero-order valence-corrected chi connectivity index (χ0v) is 15.7. The van der Waals surface area contributed by atoms with E-state index in [1.807, 2.05) is 4.90 Å². The van der Waals surface area contributed by atoms with Crippen molar-refractivity contribution in [3.05, 3.63) is 23.8 Å². The van der Waals surface area contributed by atoms with Crippen molar-refractivity contribution in [3.63, 3.8) is 0 Å². The molecule has 152 valence electrons. The summed E-state index contributed by atoms with van der Waals surface area (Å²) in [5.41, 5.74) is -0.644. The van der Waals surface area contributed by atoms with Gasteiger partial charge in [0.2, 0.25) is 5.91 Å². The number of hydrogen-bond donors (Lipinski definition) is 2. The van der Waals surface area contributed by atoms with Gasteiger partial charge in [0.25, 0.3) is 0 Å². The first-order chi connectivity index (χ1) is 13.3. The molecule has 2 fully saturated rings. The summed E-state index contributed by atoms with van der Waals surface area (Å²) < 4.78 is 39.4. The number of benzene rings is 1. The van der Waals surface area contributed by atoms with Crippen LogP contribution < -0.4 is 15.5 Å². The molecule has 1 aliphatic heterocycles. The van der Waals surface area contributed by atoms with Crippen LogP contribution in [0.1, 0.15) is 50.5 Å². The number of rotatable bonds is 5. The van der Waals surface area contributed by atoms with Gasteiger partial charge in [-0.15, -0.1) is 0 Å². The fraction of sp³-hybridized carbons (Fsp3) is 0.600. The SMILES string of the molecule is N#CC1(NC(=O)CNc2cc(C(F)(F)F)ccc2N2CCCC2)CCCCC1. The predicted molar refractivity (Wildman–Crippen MR) is 101 cm³/mol. The van der Waals surface area contributed by atoms with Gasteiger partial charge in [-0.1, -0.05) is 19.3 Å². The average Bonchev–Trinajstić information content (AvgIpc) is 3.21. The third-order valence-corrected chi connectivity index (χ3v) is 5.51. The van der Waals surface area contributed by atoms with Crippen molar-refractivity contribution in [1.29, 1.82) is 5.26 Å². The number of anilines is 2. The molecule has 0 spiro atoms. The zero-order chi connectivity index (χ0) is 20.2. The van der Waals surface area contributed by atoms with Gasteiger partial charge in [0.15, 0.2) is 0 Å². The van der Waals surface area contributed by atoms with E-state index in [4.69, 9.17) is 0 Å². The van der Waals surface area contributed by atoms with Crippen molar-refractivity contribution >= 4 is 17.3 Å². The minimum atomic E-state index is -4.45. The van der Waals surface area contributed by atoms with E-state index in [0.29, 0.717) is 24.2 Å². The lowest BCUT2D eigenvalue weighted by Crippen LogP contribution is -2.50. The highest BCUT2D eigenvalue weighted by molar-refractivity contribution is 5.84. The molecule has 2 aliphatic rings. The molecular formula is C20H25F3N4O. The molecule has 3 rings (SSSR count). The lowest BCUT2D eigenvalue weighted by molar-refractivity contribution is -0.137. The van der Waals surface area contributed by atoms with E-state index in [-0.39, 0.29) is 12.5 Å². The molecule has 1 aliphatic carbocycles. The number of hydrogen-bond acceptors (Lipinski definition) is 4. The molecule has 0 radical (unpaired) electrons. The van der Waals surface area contributed by atoms with Gasteiger partial charge in [-0.2, -0.15) is 18.4 Å². The first kappa shape index (κ1) is 20.3. The number of carbonyl (C=O) groups is 1. The summed E-state index contributed by atoms with van der Waals surface area (Å²) in [6.45, 7) is 1.39. The van der Waals surface area contributed by atoms with Gasteiger partial charge in [-0.05, 0) is 43.9 Å². The molecule has 0 bridgehead atoms. The van der Waals surface area contributed by atoms with E-state index in [9.17, 15) is 23.2 Å². The lowest BCUT2D eigenvalue weighted by atomic mass is 9.83. The lowest BCUT2D eigenvalue weighted by Gasteiger charge is -2.31. The van der Waals surface area contributed by atoms with Crippen molar-refractivity contribution in [1.82, 2.24) is 5.32 Å². The maximum Gasteiger partial charge on any atom is 0.416 e. The van der Waals surface area contributed by atoms with E-state index in [2.05, 4.69) is 16.7 Å². The first-order valence-electron chi connectivity index (χ1n) is 9.75. The van der Waals surface area contributed by atoms with Gasteiger partial charge in [-0.3, -0.25) is 4.79 Å². The van der Waals surface area contributed by atoms with Crippen LogP contribution in [0.25, 0.3) is 0 Å². The van der Waals surface area contributed by atoms with Crippen LogP contribution in [-0.2, 0) is 11.0 Å². The number of amides is 1. The van der Waals surface area contributed by atoms with Crippen LogP contribution in [0.2, 0.25) is 0 Å². The Morgan fingerprint density at radius 3 is 2.43 bits per heavy atom. The smallest absolute Gasteiger partial charge is 0.374 e. The molecule has 1 amide bonds. The Balaban J connectivity index is 1.72. The van der Waals surface area contributed by atoms with Gasteiger partial charge in [0.05, 0.1) is 29.6 Å². The minimum Gasteiger partial charge on any atom is -0.374 e. The molecular weight excluding hydrogens is 369 g/mol. The first-order valence-corrected chi connectivity index (χ1v) is 9.75. The maximum atomic E-state index is 13.1. The summed E-state index contributed by atoms with van der Waals surface area (Å²) in [5.74, 6) is -0.381. The number of halogens is 3. The Morgan fingerprint density at radius 1 is 1.14 bits per heavy atom. The molecule has 1 saturated carbocycles. The van der Waals surface area contributed by atoms with Crippen molar-refractivity contribution in [2.75, 3.05) is 29.9 Å². The Bertz CT molecular complexity index is 745. The van der Waals surface area contributed by atoms with Crippen molar-refractivity contribution < 1.29 is 18.0 Å². The van der Waals surface area contributed by atoms with E-state index < -0.39 is 17.3 Å². The topological polar surface area (TPSA) is 68.2 Å². The molecule has 1 heterocycles. The minimum absolute atomic E-state index is 0.175. The fourth-order valence-electron chi connectivity index (χ4n) is 3.99. The van der Waals surface area contributed by atoms with E-state index >= 15 is 0 Å². The average molecular weight is 394 g/mol. The largest absolute Gasteiger partial charge is 0.416 e. The molecule has 5 nitrogen and oxygen atoms in total. The van der Waals surface area contributed by atoms with Crippen LogP contribution in [0.3, 0.4) is 0 Å². The van der Waals surface area contributed by atoms with Gasteiger partial charge >= 0.3 is 6.18 Å².